The minimum atomic E-state index is -3.80. The van der Waals surface area contributed by atoms with Gasteiger partial charge in [0.1, 0.15) is 4.90 Å². The molecule has 0 N–H and O–H groups in total. The van der Waals surface area contributed by atoms with Crippen LogP contribution in [-0.2, 0) is 20.2 Å². The number of ether oxygens (including phenoxy) is 1. The van der Waals surface area contributed by atoms with Crippen molar-refractivity contribution in [1.29, 1.82) is 0 Å². The molecule has 1 spiro atoms. The largest absolute Gasteiger partial charge is 0.477 e. The average Bonchev–Trinajstić information content (AvgIpc) is 3.08. The number of amides is 1. The van der Waals surface area contributed by atoms with Crippen LogP contribution in [0.3, 0.4) is 0 Å². The van der Waals surface area contributed by atoms with Crippen molar-refractivity contribution in [1.82, 2.24) is 19.2 Å². The number of aromatic nitrogens is 2. The molecule has 9 nitrogen and oxygen atoms in total. The molecule has 37 heavy (non-hydrogen) atoms. The highest BCUT2D eigenvalue weighted by atomic mass is 32.2. The number of hydrogen-bond acceptors (Lipinski definition) is 7. The zero-order chi connectivity index (χ0) is 26.5. The number of pyridine rings is 2. The lowest BCUT2D eigenvalue weighted by Gasteiger charge is -2.37. The van der Waals surface area contributed by atoms with Crippen LogP contribution in [0.2, 0.25) is 0 Å². The normalized spacial score (nSPS) is 16.6. The second kappa shape index (κ2) is 9.34. The topological polar surface area (TPSA) is 95.9 Å². The Morgan fingerprint density at radius 1 is 1.05 bits per heavy atom. The van der Waals surface area contributed by atoms with Crippen LogP contribution >= 0.6 is 0 Å². The summed E-state index contributed by atoms with van der Waals surface area (Å²) in [5.41, 5.74) is 3.68. The third-order valence-electron chi connectivity index (χ3n) is 7.51. The maximum Gasteiger partial charge on any atom is 0.247 e. The van der Waals surface area contributed by atoms with Crippen LogP contribution in [0.4, 0.5) is 5.69 Å². The number of fused-ring (bicyclic) bond motifs is 4. The summed E-state index contributed by atoms with van der Waals surface area (Å²) in [6.45, 7) is 1.18. The summed E-state index contributed by atoms with van der Waals surface area (Å²) in [4.78, 5) is 26.0. The Balaban J connectivity index is 1.59. The van der Waals surface area contributed by atoms with Crippen LogP contribution in [0.1, 0.15) is 31.2 Å². The molecule has 1 saturated carbocycles. The van der Waals surface area contributed by atoms with Gasteiger partial charge >= 0.3 is 0 Å². The Kier molecular flexibility index (Phi) is 6.45. The summed E-state index contributed by atoms with van der Waals surface area (Å²) >= 11 is 0. The standard InChI is InChI=1S/C27H33N5O4S/c1-30(2)12-7-13-36-25-23(37(34,35)31(3)4)15-19(16-29-25)18-8-9-21-20(14-18)24-22(17-28-21)32(5)26(33)27(24)10-6-11-27/h8-9,14-17H,6-7,10-13H2,1-5H3. The molecule has 5 rings (SSSR count). The zero-order valence-corrected chi connectivity index (χ0v) is 22.8. The summed E-state index contributed by atoms with van der Waals surface area (Å²) < 4.78 is 33.4. The average molecular weight is 524 g/mol. The van der Waals surface area contributed by atoms with Gasteiger partial charge in [-0.15, -0.1) is 0 Å². The van der Waals surface area contributed by atoms with Crippen molar-refractivity contribution >= 4 is 32.5 Å². The van der Waals surface area contributed by atoms with Gasteiger partial charge in [-0.3, -0.25) is 9.78 Å². The number of carbonyl (C=O) groups excluding carboxylic acids is 1. The van der Waals surface area contributed by atoms with E-state index in [1.54, 1.807) is 23.4 Å². The van der Waals surface area contributed by atoms with E-state index in [4.69, 9.17) is 4.74 Å². The Hall–Kier alpha value is -3.08. The molecule has 196 valence electrons. The van der Waals surface area contributed by atoms with E-state index in [1.165, 1.54) is 18.4 Å². The van der Waals surface area contributed by atoms with Crippen LogP contribution in [0.5, 0.6) is 5.88 Å². The number of carbonyl (C=O) groups is 1. The maximum atomic E-state index is 13.2. The summed E-state index contributed by atoms with van der Waals surface area (Å²) in [7, 11) is 4.95. The Bertz CT molecular complexity index is 1480. The number of sulfonamides is 1. The number of rotatable bonds is 8. The first-order valence-electron chi connectivity index (χ1n) is 12.5. The van der Waals surface area contributed by atoms with E-state index in [0.29, 0.717) is 12.2 Å². The highest BCUT2D eigenvalue weighted by Gasteiger charge is 2.54. The first kappa shape index (κ1) is 25.6. The zero-order valence-electron chi connectivity index (χ0n) is 22.0. The van der Waals surface area contributed by atoms with Crippen LogP contribution < -0.4 is 9.64 Å². The second-order valence-electron chi connectivity index (χ2n) is 10.4. The quantitative estimate of drug-likeness (QED) is 0.418. The van der Waals surface area contributed by atoms with Gasteiger partial charge in [0.25, 0.3) is 0 Å². The summed E-state index contributed by atoms with van der Waals surface area (Å²) in [6.07, 6.45) is 6.86. The Morgan fingerprint density at radius 2 is 1.81 bits per heavy atom. The summed E-state index contributed by atoms with van der Waals surface area (Å²) in [5.74, 6) is 0.227. The highest BCUT2D eigenvalue weighted by molar-refractivity contribution is 7.89. The molecule has 1 fully saturated rings. The minimum absolute atomic E-state index is 0.0294. The SMILES string of the molecule is CN(C)CCCOc1ncc(-c2ccc3ncc4c(c3c2)C2(CCC2)C(=O)N4C)cc1S(=O)(=O)N(C)C. The lowest BCUT2D eigenvalue weighted by Crippen LogP contribution is -2.43. The lowest BCUT2D eigenvalue weighted by molar-refractivity contribution is -0.125. The molecule has 10 heteroatoms. The van der Waals surface area contributed by atoms with E-state index >= 15 is 0 Å². The number of likely N-dealkylation sites (N-methyl/N-ethyl adjacent to an activating group) is 1. The smallest absolute Gasteiger partial charge is 0.247 e. The molecule has 0 saturated heterocycles. The lowest BCUT2D eigenvalue weighted by atomic mass is 9.64. The predicted molar refractivity (Wildman–Crippen MR) is 143 cm³/mol. The van der Waals surface area contributed by atoms with Crippen LogP contribution in [-0.4, -0.2) is 81.9 Å². The predicted octanol–water partition coefficient (Wildman–Crippen LogP) is 3.28. The van der Waals surface area contributed by atoms with Gasteiger partial charge < -0.3 is 14.5 Å². The molecule has 1 aromatic carbocycles. The molecule has 0 unspecified atom stereocenters. The van der Waals surface area contributed by atoms with Crippen LogP contribution in [0, 0.1) is 0 Å². The van der Waals surface area contributed by atoms with E-state index in [1.807, 2.05) is 44.2 Å². The molecular weight excluding hydrogens is 490 g/mol. The van der Waals surface area contributed by atoms with Gasteiger partial charge in [-0.05, 0) is 57.1 Å². The number of anilines is 1. The first-order chi connectivity index (χ1) is 17.6. The van der Waals surface area contributed by atoms with Crippen molar-refractivity contribution in [2.24, 2.45) is 0 Å². The van der Waals surface area contributed by atoms with E-state index in [-0.39, 0.29) is 16.7 Å². The molecule has 0 atom stereocenters. The summed E-state index contributed by atoms with van der Waals surface area (Å²) in [5, 5.41) is 0.924. The van der Waals surface area contributed by atoms with E-state index in [9.17, 15) is 13.2 Å². The van der Waals surface area contributed by atoms with E-state index in [2.05, 4.69) is 9.97 Å². The van der Waals surface area contributed by atoms with Gasteiger partial charge in [0.2, 0.25) is 21.8 Å². The molecule has 1 aliphatic heterocycles. The van der Waals surface area contributed by atoms with Gasteiger partial charge in [-0.25, -0.2) is 17.7 Å². The van der Waals surface area contributed by atoms with E-state index < -0.39 is 15.4 Å². The molecule has 2 aromatic heterocycles. The minimum Gasteiger partial charge on any atom is -0.477 e. The van der Waals surface area contributed by atoms with Gasteiger partial charge in [0.15, 0.2) is 0 Å². The molecule has 2 aliphatic rings. The van der Waals surface area contributed by atoms with Crippen molar-refractivity contribution in [3.05, 3.63) is 42.2 Å². The highest BCUT2D eigenvalue weighted by Crippen LogP contribution is 2.55. The molecule has 0 bridgehead atoms. The fourth-order valence-electron chi connectivity index (χ4n) is 5.28. The Morgan fingerprint density at radius 3 is 2.46 bits per heavy atom. The second-order valence-corrected chi connectivity index (χ2v) is 12.5. The summed E-state index contributed by atoms with van der Waals surface area (Å²) in [6, 6.07) is 7.47. The molecule has 3 aromatic rings. The number of hydrogen-bond donors (Lipinski definition) is 0. The number of benzene rings is 1. The molecule has 1 aliphatic carbocycles. The van der Waals surface area contributed by atoms with Gasteiger partial charge in [0.05, 0.1) is 29.4 Å². The van der Waals surface area contributed by atoms with E-state index in [0.717, 1.165) is 59.9 Å². The van der Waals surface area contributed by atoms with Gasteiger partial charge in [-0.1, -0.05) is 12.5 Å². The molecular formula is C27H33N5O4S. The fourth-order valence-corrected chi connectivity index (χ4v) is 6.28. The fraction of sp³-hybridized carbons (Fsp3) is 0.444. The van der Waals surface area contributed by atoms with Crippen molar-refractivity contribution in [3.8, 4) is 17.0 Å². The molecule has 3 heterocycles. The van der Waals surface area contributed by atoms with Crippen LogP contribution in [0.15, 0.2) is 41.6 Å². The monoisotopic (exact) mass is 523 g/mol. The van der Waals surface area contributed by atoms with Crippen molar-refractivity contribution in [2.45, 2.75) is 36.0 Å². The third kappa shape index (κ3) is 4.17. The van der Waals surface area contributed by atoms with Gasteiger partial charge in [-0.2, -0.15) is 0 Å². The van der Waals surface area contributed by atoms with Gasteiger partial charge in [0, 0.05) is 50.4 Å². The van der Waals surface area contributed by atoms with Crippen LogP contribution in [0.25, 0.3) is 22.0 Å². The maximum absolute atomic E-state index is 13.2. The van der Waals surface area contributed by atoms with Crippen molar-refractivity contribution in [2.75, 3.05) is 53.3 Å². The third-order valence-corrected chi connectivity index (χ3v) is 9.32. The van der Waals surface area contributed by atoms with Crippen molar-refractivity contribution < 1.29 is 17.9 Å². The molecule has 1 amide bonds. The Labute approximate surface area is 218 Å². The number of nitrogens with zero attached hydrogens (tertiary/aromatic N) is 5. The van der Waals surface area contributed by atoms with Crippen molar-refractivity contribution in [3.63, 3.8) is 0 Å². The first-order valence-corrected chi connectivity index (χ1v) is 13.9. The molecule has 0 radical (unpaired) electrons.